The smallest absolute Gasteiger partial charge is 0.148 e. The molecule has 10 aromatic carbocycles. The van der Waals surface area contributed by atoms with E-state index in [4.69, 9.17) is 0 Å². The Balaban J connectivity index is 1.03. The van der Waals surface area contributed by atoms with Crippen LogP contribution in [-0.4, -0.2) is 0 Å². The highest BCUT2D eigenvalue weighted by Crippen LogP contribution is 2.55. The molecule has 0 aliphatic heterocycles. The van der Waals surface area contributed by atoms with E-state index in [-0.39, 0.29) is 11.2 Å². The summed E-state index contributed by atoms with van der Waals surface area (Å²) in [5.41, 5.74) is 16.4. The Morgan fingerprint density at radius 2 is 0.894 bits per heavy atom. The normalized spacial score (nSPS) is 12.3. The first-order valence-corrected chi connectivity index (χ1v) is 22.3. The number of anilines is 6. The van der Waals surface area contributed by atoms with Gasteiger partial charge in [-0.15, -0.1) is 0 Å². The quantitative estimate of drug-likeness (QED) is 0.145. The predicted octanol–water partition coefficient (Wildman–Crippen LogP) is 17.1. The molecule has 3 nitrogen and oxygen atoms in total. The molecular formula is C62H44FN3. The van der Waals surface area contributed by atoms with E-state index < -0.39 is 0 Å². The summed E-state index contributed by atoms with van der Waals surface area (Å²) in [6.45, 7) is 4.66. The van der Waals surface area contributed by atoms with Crippen molar-refractivity contribution in [1.82, 2.24) is 0 Å². The largest absolute Gasteiger partial charge is 0.310 e. The minimum atomic E-state index is -0.326. The molecule has 0 aromatic heterocycles. The van der Waals surface area contributed by atoms with Crippen LogP contribution in [0.3, 0.4) is 0 Å². The standard InChI is InChI=1S/C62H44FN3/c1-62(2)57-39-51(65(47-21-11-5-12-22-47)49-31-27-42(41-64)28-32-49)35-36-54(57)60-53-26-16-15-25-52(53)55(40-58(60)62)45-29-33-50(34-30-45)66(48-23-13-6-14-24-48)61-56(44-19-9-4-10-20-44)37-46(38-59(61)63)43-17-7-3-8-18-43/h3-40H,1-2H3. The summed E-state index contributed by atoms with van der Waals surface area (Å²) in [7, 11) is 0. The van der Waals surface area contributed by atoms with Gasteiger partial charge in [0, 0.05) is 39.4 Å². The lowest BCUT2D eigenvalue weighted by Gasteiger charge is -2.29. The van der Waals surface area contributed by atoms with E-state index in [1.807, 2.05) is 126 Å². The number of hydrogen-bond acceptors (Lipinski definition) is 3. The Bertz CT molecular complexity index is 3430. The zero-order chi connectivity index (χ0) is 44.8. The number of hydrogen-bond donors (Lipinski definition) is 0. The van der Waals surface area contributed by atoms with Crippen molar-refractivity contribution in [3.63, 3.8) is 0 Å². The molecule has 11 rings (SSSR count). The van der Waals surface area contributed by atoms with Crippen molar-refractivity contribution in [1.29, 1.82) is 5.26 Å². The number of fused-ring (bicyclic) bond motifs is 5. The molecule has 0 bridgehead atoms. The summed E-state index contributed by atoms with van der Waals surface area (Å²) < 4.78 is 17.1. The Hall–Kier alpha value is -8.52. The number of benzene rings is 10. The second kappa shape index (κ2) is 16.6. The molecule has 0 spiro atoms. The monoisotopic (exact) mass is 849 g/mol. The second-order valence-electron chi connectivity index (χ2n) is 17.4. The van der Waals surface area contributed by atoms with Crippen LogP contribution >= 0.6 is 0 Å². The highest BCUT2D eigenvalue weighted by Gasteiger charge is 2.38. The van der Waals surface area contributed by atoms with Crippen LogP contribution in [0.15, 0.2) is 231 Å². The summed E-state index contributed by atoms with van der Waals surface area (Å²) >= 11 is 0. The topological polar surface area (TPSA) is 30.3 Å². The van der Waals surface area contributed by atoms with Gasteiger partial charge in [-0.2, -0.15) is 5.26 Å². The molecule has 0 fully saturated rings. The average molecular weight is 850 g/mol. The lowest BCUT2D eigenvalue weighted by molar-refractivity contribution is 0.630. The van der Waals surface area contributed by atoms with Crippen molar-refractivity contribution in [3.8, 4) is 50.6 Å². The van der Waals surface area contributed by atoms with Crippen LogP contribution in [0.5, 0.6) is 0 Å². The highest BCUT2D eigenvalue weighted by atomic mass is 19.1. The van der Waals surface area contributed by atoms with Crippen LogP contribution in [0.2, 0.25) is 0 Å². The SMILES string of the molecule is CC1(C)c2cc(N(c3ccccc3)c3ccc(C#N)cc3)ccc2-c2c1cc(-c1ccc(N(c3ccccc3)c3c(F)cc(-c4ccccc4)cc3-c3ccccc3)cc1)c1ccccc21. The number of nitrogens with zero attached hydrogens (tertiary/aromatic N) is 3. The zero-order valence-electron chi connectivity index (χ0n) is 36.7. The van der Waals surface area contributed by atoms with Crippen molar-refractivity contribution in [2.75, 3.05) is 9.80 Å². The van der Waals surface area contributed by atoms with Crippen molar-refractivity contribution >= 4 is 44.9 Å². The van der Waals surface area contributed by atoms with Gasteiger partial charge in [-0.3, -0.25) is 0 Å². The van der Waals surface area contributed by atoms with E-state index in [0.29, 0.717) is 11.3 Å². The van der Waals surface area contributed by atoms with Crippen molar-refractivity contribution in [2.24, 2.45) is 0 Å². The van der Waals surface area contributed by atoms with Crippen molar-refractivity contribution in [2.45, 2.75) is 19.3 Å². The number of para-hydroxylation sites is 2. The van der Waals surface area contributed by atoms with E-state index in [1.165, 1.54) is 33.0 Å². The number of nitriles is 1. The molecule has 0 atom stereocenters. The maximum Gasteiger partial charge on any atom is 0.148 e. The second-order valence-corrected chi connectivity index (χ2v) is 17.4. The molecular weight excluding hydrogens is 806 g/mol. The van der Waals surface area contributed by atoms with Gasteiger partial charge in [-0.25, -0.2) is 4.39 Å². The summed E-state index contributed by atoms with van der Waals surface area (Å²) in [6.07, 6.45) is 0. The van der Waals surface area contributed by atoms with Gasteiger partial charge in [0.25, 0.3) is 0 Å². The van der Waals surface area contributed by atoms with Crippen LogP contribution in [0.1, 0.15) is 30.5 Å². The molecule has 0 heterocycles. The number of halogens is 1. The van der Waals surface area contributed by atoms with Crippen LogP contribution in [0.25, 0.3) is 55.3 Å². The summed E-state index contributed by atoms with van der Waals surface area (Å²) in [5.74, 6) is -0.304. The molecule has 1 aliphatic carbocycles. The maximum atomic E-state index is 17.1. The van der Waals surface area contributed by atoms with Gasteiger partial charge in [-0.1, -0.05) is 153 Å². The van der Waals surface area contributed by atoms with Gasteiger partial charge in [-0.05, 0) is 152 Å². The molecule has 1 aliphatic rings. The Kier molecular flexibility index (Phi) is 10.1. The van der Waals surface area contributed by atoms with Gasteiger partial charge in [0.1, 0.15) is 5.82 Å². The van der Waals surface area contributed by atoms with Gasteiger partial charge in [0.15, 0.2) is 0 Å². The molecule has 0 unspecified atom stereocenters. The molecule has 4 heteroatoms. The fourth-order valence-corrected chi connectivity index (χ4v) is 9.89. The maximum absolute atomic E-state index is 17.1. The third-order valence-electron chi connectivity index (χ3n) is 13.1. The van der Waals surface area contributed by atoms with Gasteiger partial charge < -0.3 is 9.80 Å². The first-order valence-electron chi connectivity index (χ1n) is 22.3. The van der Waals surface area contributed by atoms with E-state index in [9.17, 15) is 5.26 Å². The minimum absolute atomic E-state index is 0.304. The van der Waals surface area contributed by atoms with E-state index in [0.717, 1.165) is 61.8 Å². The molecule has 314 valence electrons. The average Bonchev–Trinajstić information content (AvgIpc) is 3.60. The lowest BCUT2D eigenvalue weighted by Crippen LogP contribution is -2.16. The Morgan fingerprint density at radius 1 is 0.394 bits per heavy atom. The number of rotatable bonds is 9. The summed E-state index contributed by atoms with van der Waals surface area (Å²) in [6, 6.07) is 81.0. The zero-order valence-corrected chi connectivity index (χ0v) is 36.7. The molecule has 0 radical (unpaired) electrons. The molecule has 0 saturated heterocycles. The molecule has 66 heavy (non-hydrogen) atoms. The molecule has 0 amide bonds. The van der Waals surface area contributed by atoms with Gasteiger partial charge >= 0.3 is 0 Å². The van der Waals surface area contributed by atoms with E-state index in [2.05, 4.69) is 128 Å². The van der Waals surface area contributed by atoms with E-state index >= 15 is 4.39 Å². The van der Waals surface area contributed by atoms with Crippen LogP contribution in [0, 0.1) is 17.1 Å². The van der Waals surface area contributed by atoms with Crippen LogP contribution in [0.4, 0.5) is 38.5 Å². The third-order valence-corrected chi connectivity index (χ3v) is 13.1. The van der Waals surface area contributed by atoms with Gasteiger partial charge in [0.2, 0.25) is 0 Å². The minimum Gasteiger partial charge on any atom is -0.310 e. The van der Waals surface area contributed by atoms with Gasteiger partial charge in [0.05, 0.1) is 17.3 Å². The first-order chi connectivity index (χ1) is 32.4. The molecule has 10 aromatic rings. The third kappa shape index (κ3) is 6.99. The van der Waals surface area contributed by atoms with Crippen LogP contribution in [-0.2, 0) is 5.41 Å². The van der Waals surface area contributed by atoms with Crippen molar-refractivity contribution < 1.29 is 4.39 Å². The molecule has 0 saturated carbocycles. The molecule has 0 N–H and O–H groups in total. The summed E-state index contributed by atoms with van der Waals surface area (Å²) in [4.78, 5) is 4.31. The highest BCUT2D eigenvalue weighted by molar-refractivity contribution is 6.09. The summed E-state index contributed by atoms with van der Waals surface area (Å²) in [5, 5.41) is 11.9. The Morgan fingerprint density at radius 3 is 1.53 bits per heavy atom. The van der Waals surface area contributed by atoms with Crippen LogP contribution < -0.4 is 9.80 Å². The predicted molar refractivity (Wildman–Crippen MR) is 272 cm³/mol. The van der Waals surface area contributed by atoms with E-state index in [1.54, 1.807) is 6.07 Å². The van der Waals surface area contributed by atoms with Crippen molar-refractivity contribution in [3.05, 3.63) is 253 Å². The fourth-order valence-electron chi connectivity index (χ4n) is 9.89. The lowest BCUT2D eigenvalue weighted by atomic mass is 9.80. The Labute approximate surface area is 385 Å². The fraction of sp³-hybridized carbons (Fsp3) is 0.0484. The first kappa shape index (κ1) is 40.3.